The van der Waals surface area contributed by atoms with Crippen LogP contribution in [-0.4, -0.2) is 5.91 Å². The van der Waals surface area contributed by atoms with Gasteiger partial charge in [-0.25, -0.2) is 5.48 Å². The van der Waals surface area contributed by atoms with Crippen molar-refractivity contribution < 1.29 is 9.63 Å². The molecule has 0 aromatic heterocycles. The molecule has 0 aliphatic rings. The number of hydrogen-bond acceptors (Lipinski definition) is 2. The molecular weight excluding hydrogens is 190 g/mol. The van der Waals surface area contributed by atoms with Crippen molar-refractivity contribution in [3.05, 3.63) is 48.6 Å². The second-order valence-electron chi connectivity index (χ2n) is 3.13. The van der Waals surface area contributed by atoms with Gasteiger partial charge in [-0.3, -0.25) is 9.63 Å². The highest BCUT2D eigenvalue weighted by Gasteiger charge is 1.98. The summed E-state index contributed by atoms with van der Waals surface area (Å²) in [5, 5.41) is 0. The quantitative estimate of drug-likeness (QED) is 0.571. The van der Waals surface area contributed by atoms with Crippen LogP contribution >= 0.6 is 0 Å². The zero-order chi connectivity index (χ0) is 10.9. The van der Waals surface area contributed by atoms with E-state index in [1.807, 2.05) is 30.3 Å². The fourth-order valence-corrected chi connectivity index (χ4v) is 1.06. The van der Waals surface area contributed by atoms with Gasteiger partial charge in [0.25, 0.3) is 0 Å². The highest BCUT2D eigenvalue weighted by atomic mass is 16.6. The molecule has 0 unspecified atom stereocenters. The largest absolute Gasteiger partial charge is 0.273 e. The third kappa shape index (κ3) is 4.98. The molecule has 1 N–H and O–H groups in total. The van der Waals surface area contributed by atoms with Crippen LogP contribution in [-0.2, 0) is 16.2 Å². The first kappa shape index (κ1) is 11.5. The molecule has 0 saturated heterocycles. The summed E-state index contributed by atoms with van der Waals surface area (Å²) >= 11 is 0. The van der Waals surface area contributed by atoms with E-state index < -0.39 is 0 Å². The van der Waals surface area contributed by atoms with Crippen molar-refractivity contribution in [1.82, 2.24) is 5.48 Å². The van der Waals surface area contributed by atoms with E-state index in [1.54, 1.807) is 6.08 Å². The van der Waals surface area contributed by atoms with Crippen molar-refractivity contribution in [1.29, 1.82) is 0 Å². The van der Waals surface area contributed by atoms with Crippen LogP contribution < -0.4 is 5.48 Å². The van der Waals surface area contributed by atoms with Gasteiger partial charge in [0.1, 0.15) is 0 Å². The Morgan fingerprint density at radius 1 is 1.40 bits per heavy atom. The van der Waals surface area contributed by atoms with Crippen molar-refractivity contribution in [2.75, 3.05) is 0 Å². The molecule has 0 bridgehead atoms. The van der Waals surface area contributed by atoms with Crippen LogP contribution in [0.4, 0.5) is 0 Å². The Bertz CT molecular complexity index is 309. The Labute approximate surface area is 89.7 Å². The number of carbonyl (C=O) groups is 1. The SMILES string of the molecule is C=CCCC(=O)NOCc1ccccc1. The first-order valence-electron chi connectivity index (χ1n) is 4.88. The molecule has 0 fully saturated rings. The van der Waals surface area contributed by atoms with Gasteiger partial charge in [-0.1, -0.05) is 36.4 Å². The van der Waals surface area contributed by atoms with Gasteiger partial charge in [-0.15, -0.1) is 6.58 Å². The first-order valence-corrected chi connectivity index (χ1v) is 4.88. The van der Waals surface area contributed by atoms with Crippen LogP contribution in [0, 0.1) is 0 Å². The average Bonchev–Trinajstić information content (AvgIpc) is 2.28. The molecule has 0 aliphatic heterocycles. The molecular formula is C12H15NO2. The molecule has 80 valence electrons. The molecule has 0 heterocycles. The van der Waals surface area contributed by atoms with Crippen LogP contribution in [0.25, 0.3) is 0 Å². The fraction of sp³-hybridized carbons (Fsp3) is 0.250. The monoisotopic (exact) mass is 205 g/mol. The smallest absolute Gasteiger partial charge is 0.243 e. The lowest BCUT2D eigenvalue weighted by molar-refractivity contribution is -0.134. The van der Waals surface area contributed by atoms with Crippen molar-refractivity contribution in [2.24, 2.45) is 0 Å². The standard InChI is InChI=1S/C12H15NO2/c1-2-3-9-12(14)13-15-10-11-7-5-4-6-8-11/h2,4-8H,1,3,9-10H2,(H,13,14). The highest BCUT2D eigenvalue weighted by molar-refractivity contribution is 5.74. The Morgan fingerprint density at radius 2 is 2.13 bits per heavy atom. The number of nitrogens with one attached hydrogen (secondary N) is 1. The first-order chi connectivity index (χ1) is 7.33. The molecule has 1 aromatic rings. The summed E-state index contributed by atoms with van der Waals surface area (Å²) in [4.78, 5) is 16.2. The summed E-state index contributed by atoms with van der Waals surface area (Å²) in [5.41, 5.74) is 3.41. The molecule has 1 amide bonds. The minimum absolute atomic E-state index is 0.120. The molecule has 15 heavy (non-hydrogen) atoms. The summed E-state index contributed by atoms with van der Waals surface area (Å²) < 4.78 is 0. The maximum atomic E-state index is 11.1. The molecule has 3 nitrogen and oxygen atoms in total. The number of rotatable bonds is 6. The number of carbonyl (C=O) groups excluding carboxylic acids is 1. The third-order valence-electron chi connectivity index (χ3n) is 1.84. The lowest BCUT2D eigenvalue weighted by Gasteiger charge is -2.04. The molecule has 0 radical (unpaired) electrons. The second-order valence-corrected chi connectivity index (χ2v) is 3.13. The van der Waals surface area contributed by atoms with E-state index >= 15 is 0 Å². The minimum Gasteiger partial charge on any atom is -0.273 e. The van der Waals surface area contributed by atoms with E-state index in [0.29, 0.717) is 19.4 Å². The van der Waals surface area contributed by atoms with Gasteiger partial charge in [0, 0.05) is 6.42 Å². The maximum Gasteiger partial charge on any atom is 0.243 e. The summed E-state index contributed by atoms with van der Waals surface area (Å²) in [5.74, 6) is -0.120. The van der Waals surface area contributed by atoms with E-state index in [-0.39, 0.29) is 5.91 Å². The second kappa shape index (κ2) is 6.79. The third-order valence-corrected chi connectivity index (χ3v) is 1.84. The molecule has 1 aromatic carbocycles. The predicted molar refractivity (Wildman–Crippen MR) is 58.8 cm³/mol. The topological polar surface area (TPSA) is 38.3 Å². The zero-order valence-corrected chi connectivity index (χ0v) is 8.61. The summed E-state index contributed by atoms with van der Waals surface area (Å²) in [6.07, 6.45) is 2.79. The number of hydroxylamine groups is 1. The van der Waals surface area contributed by atoms with Crippen LogP contribution in [0.15, 0.2) is 43.0 Å². The molecule has 1 rings (SSSR count). The van der Waals surface area contributed by atoms with E-state index in [9.17, 15) is 4.79 Å². The van der Waals surface area contributed by atoms with Gasteiger partial charge in [-0.05, 0) is 12.0 Å². The Kier molecular flexibility index (Phi) is 5.19. The zero-order valence-electron chi connectivity index (χ0n) is 8.61. The maximum absolute atomic E-state index is 11.1. The average molecular weight is 205 g/mol. The van der Waals surface area contributed by atoms with E-state index in [0.717, 1.165) is 5.56 Å². The number of amides is 1. The van der Waals surface area contributed by atoms with Crippen molar-refractivity contribution >= 4 is 5.91 Å². The Morgan fingerprint density at radius 3 is 2.80 bits per heavy atom. The normalized spacial score (nSPS) is 9.60. The molecule has 0 spiro atoms. The molecule has 0 aliphatic carbocycles. The van der Waals surface area contributed by atoms with Crippen LogP contribution in [0.1, 0.15) is 18.4 Å². The van der Waals surface area contributed by atoms with Gasteiger partial charge in [-0.2, -0.15) is 0 Å². The number of hydrogen-bond donors (Lipinski definition) is 1. The van der Waals surface area contributed by atoms with Crippen molar-refractivity contribution in [3.63, 3.8) is 0 Å². The van der Waals surface area contributed by atoms with E-state index in [2.05, 4.69) is 12.1 Å². The van der Waals surface area contributed by atoms with E-state index in [4.69, 9.17) is 4.84 Å². The van der Waals surface area contributed by atoms with Gasteiger partial charge in [0.15, 0.2) is 0 Å². The predicted octanol–water partition coefficient (Wildman–Crippen LogP) is 2.20. The lowest BCUT2D eigenvalue weighted by atomic mass is 10.2. The van der Waals surface area contributed by atoms with Crippen molar-refractivity contribution in [2.45, 2.75) is 19.4 Å². The number of benzene rings is 1. The summed E-state index contributed by atoms with van der Waals surface area (Å²) in [7, 11) is 0. The summed E-state index contributed by atoms with van der Waals surface area (Å²) in [6, 6.07) is 9.68. The van der Waals surface area contributed by atoms with Crippen molar-refractivity contribution in [3.8, 4) is 0 Å². The van der Waals surface area contributed by atoms with Crippen LogP contribution in [0.3, 0.4) is 0 Å². The van der Waals surface area contributed by atoms with Crippen LogP contribution in [0.5, 0.6) is 0 Å². The van der Waals surface area contributed by atoms with Gasteiger partial charge in [0.05, 0.1) is 6.61 Å². The minimum atomic E-state index is -0.120. The number of allylic oxidation sites excluding steroid dienone is 1. The fourth-order valence-electron chi connectivity index (χ4n) is 1.06. The van der Waals surface area contributed by atoms with Gasteiger partial charge < -0.3 is 0 Å². The molecule has 0 saturated carbocycles. The Hall–Kier alpha value is -1.61. The highest BCUT2D eigenvalue weighted by Crippen LogP contribution is 1.99. The van der Waals surface area contributed by atoms with Gasteiger partial charge in [0.2, 0.25) is 5.91 Å². The molecule has 3 heteroatoms. The summed E-state index contributed by atoms with van der Waals surface area (Å²) in [6.45, 7) is 3.93. The van der Waals surface area contributed by atoms with Gasteiger partial charge >= 0.3 is 0 Å². The van der Waals surface area contributed by atoms with Crippen LogP contribution in [0.2, 0.25) is 0 Å². The van der Waals surface area contributed by atoms with E-state index in [1.165, 1.54) is 0 Å². The molecule has 0 atom stereocenters. The lowest BCUT2D eigenvalue weighted by Crippen LogP contribution is -2.22. The Balaban J connectivity index is 2.16.